The molecule has 15 heavy (non-hydrogen) atoms. The van der Waals surface area contributed by atoms with E-state index in [1.165, 1.54) is 6.20 Å². The van der Waals surface area contributed by atoms with Crippen LogP contribution in [-0.2, 0) is 0 Å². The lowest BCUT2D eigenvalue weighted by Gasteiger charge is -2.06. The molecule has 1 aromatic carbocycles. The molecule has 0 aliphatic carbocycles. The molecule has 0 saturated carbocycles. The minimum atomic E-state index is 0.133. The molecule has 5 heteroatoms. The van der Waals surface area contributed by atoms with Crippen molar-refractivity contribution < 1.29 is 5.11 Å². The predicted octanol–water partition coefficient (Wildman–Crippen LogP) is 2.08. The predicted molar refractivity (Wildman–Crippen MR) is 58.6 cm³/mol. The van der Waals surface area contributed by atoms with Crippen molar-refractivity contribution in [2.45, 2.75) is 0 Å². The number of nitrogen functional groups attached to an aromatic ring is 1. The Hall–Kier alpha value is -1.81. The summed E-state index contributed by atoms with van der Waals surface area (Å²) in [4.78, 5) is 0. The van der Waals surface area contributed by atoms with Gasteiger partial charge < -0.3 is 10.8 Å². The maximum atomic E-state index is 9.63. The average molecular weight is 222 g/mol. The van der Waals surface area contributed by atoms with E-state index in [0.717, 1.165) is 0 Å². The number of halogens is 1. The number of nitrogens with two attached hydrogens (primary N) is 1. The number of aromatic hydroxyl groups is 1. The third-order valence-corrected chi connectivity index (χ3v) is 2.32. The van der Waals surface area contributed by atoms with Crippen LogP contribution < -0.4 is 5.73 Å². The lowest BCUT2D eigenvalue weighted by Crippen LogP contribution is -1.95. The van der Waals surface area contributed by atoms with Gasteiger partial charge in [-0.1, -0.05) is 29.8 Å². The molecule has 4 nitrogen and oxygen atoms in total. The van der Waals surface area contributed by atoms with Crippen molar-refractivity contribution in [3.63, 3.8) is 0 Å². The molecule has 76 valence electrons. The number of phenols is 1. The first-order chi connectivity index (χ1) is 7.20. The Morgan fingerprint density at radius 3 is 2.67 bits per heavy atom. The van der Waals surface area contributed by atoms with Crippen LogP contribution in [0.15, 0.2) is 30.5 Å². The zero-order chi connectivity index (χ0) is 10.8. The van der Waals surface area contributed by atoms with E-state index in [1.54, 1.807) is 24.3 Å². The molecule has 0 bridgehead atoms. The van der Waals surface area contributed by atoms with Gasteiger partial charge in [0.15, 0.2) is 5.15 Å². The van der Waals surface area contributed by atoms with E-state index < -0.39 is 0 Å². The summed E-state index contributed by atoms with van der Waals surface area (Å²) in [5.74, 6) is 0.133. The van der Waals surface area contributed by atoms with E-state index in [1.807, 2.05) is 0 Å². The first-order valence-electron chi connectivity index (χ1n) is 4.25. The van der Waals surface area contributed by atoms with Crippen LogP contribution in [0.5, 0.6) is 5.75 Å². The number of phenolic OH excluding ortho intramolecular Hbond substituents is 1. The number of hydrogen-bond donors (Lipinski definition) is 2. The molecule has 2 aromatic rings. The Morgan fingerprint density at radius 2 is 1.93 bits per heavy atom. The van der Waals surface area contributed by atoms with E-state index in [9.17, 15) is 5.11 Å². The molecule has 3 N–H and O–H groups in total. The normalized spacial score (nSPS) is 10.2. The zero-order valence-electron chi connectivity index (χ0n) is 7.68. The van der Waals surface area contributed by atoms with E-state index in [4.69, 9.17) is 17.3 Å². The highest BCUT2D eigenvalue weighted by Crippen LogP contribution is 2.34. The summed E-state index contributed by atoms with van der Waals surface area (Å²) in [6.07, 6.45) is 1.47. The minimum absolute atomic E-state index is 0.133. The number of aromatic nitrogens is 2. The monoisotopic (exact) mass is 221 g/mol. The Bertz CT molecular complexity index is 502. The van der Waals surface area contributed by atoms with Crippen LogP contribution in [-0.4, -0.2) is 15.3 Å². The van der Waals surface area contributed by atoms with E-state index in [0.29, 0.717) is 16.8 Å². The fourth-order valence-corrected chi connectivity index (χ4v) is 1.43. The topological polar surface area (TPSA) is 72.0 Å². The smallest absolute Gasteiger partial charge is 0.175 e. The summed E-state index contributed by atoms with van der Waals surface area (Å²) in [6.45, 7) is 0. The number of hydrogen-bond acceptors (Lipinski definition) is 4. The summed E-state index contributed by atoms with van der Waals surface area (Å²) in [5.41, 5.74) is 7.22. The average Bonchev–Trinajstić information content (AvgIpc) is 2.23. The van der Waals surface area contributed by atoms with Gasteiger partial charge in [-0.25, -0.2) is 0 Å². The van der Waals surface area contributed by atoms with Gasteiger partial charge in [0.2, 0.25) is 0 Å². The van der Waals surface area contributed by atoms with Gasteiger partial charge >= 0.3 is 0 Å². The first-order valence-corrected chi connectivity index (χ1v) is 4.63. The van der Waals surface area contributed by atoms with Crippen LogP contribution >= 0.6 is 11.6 Å². The van der Waals surface area contributed by atoms with E-state index in [2.05, 4.69) is 10.2 Å². The molecule has 1 aromatic heterocycles. The van der Waals surface area contributed by atoms with Gasteiger partial charge in [0.05, 0.1) is 11.9 Å². The molecule has 0 atom stereocenters. The van der Waals surface area contributed by atoms with Crippen molar-refractivity contribution in [1.29, 1.82) is 0 Å². The molecule has 0 fully saturated rings. The van der Waals surface area contributed by atoms with Crippen molar-refractivity contribution in [2.75, 3.05) is 5.73 Å². The standard InChI is InChI=1S/C10H8ClN3O/c11-10-9(12)7(5-13-14-10)6-3-1-2-4-8(6)15/h1-5,15H,(H2,12,13). The first kappa shape index (κ1) is 9.73. The molecule has 1 heterocycles. The quantitative estimate of drug-likeness (QED) is 0.774. The minimum Gasteiger partial charge on any atom is -0.507 e. The Balaban J connectivity index is 2.65. The summed E-state index contributed by atoms with van der Waals surface area (Å²) < 4.78 is 0. The highest BCUT2D eigenvalue weighted by Gasteiger charge is 2.10. The van der Waals surface area contributed by atoms with Gasteiger partial charge in [-0.2, -0.15) is 5.10 Å². The van der Waals surface area contributed by atoms with Crippen LogP contribution in [0, 0.1) is 0 Å². The van der Waals surface area contributed by atoms with Gasteiger partial charge in [0.1, 0.15) is 5.75 Å². The zero-order valence-corrected chi connectivity index (χ0v) is 8.44. The Morgan fingerprint density at radius 1 is 1.20 bits per heavy atom. The number of benzene rings is 1. The van der Waals surface area contributed by atoms with Crippen molar-refractivity contribution in [2.24, 2.45) is 0 Å². The largest absolute Gasteiger partial charge is 0.507 e. The molecule has 0 unspecified atom stereocenters. The van der Waals surface area contributed by atoms with Crippen molar-refractivity contribution in [3.05, 3.63) is 35.6 Å². The third-order valence-electron chi connectivity index (χ3n) is 2.04. The highest BCUT2D eigenvalue weighted by molar-refractivity contribution is 6.32. The van der Waals surface area contributed by atoms with Crippen molar-refractivity contribution >= 4 is 17.3 Å². The molecule has 0 radical (unpaired) electrons. The van der Waals surface area contributed by atoms with Crippen LogP contribution in [0.2, 0.25) is 5.15 Å². The molecular weight excluding hydrogens is 214 g/mol. The third kappa shape index (κ3) is 1.71. The summed E-state index contributed by atoms with van der Waals surface area (Å²) >= 11 is 5.74. The molecule has 2 rings (SSSR count). The molecule has 0 spiro atoms. The molecule has 0 saturated heterocycles. The van der Waals surface area contributed by atoms with Gasteiger partial charge in [0, 0.05) is 11.1 Å². The number of nitrogens with zero attached hydrogens (tertiary/aromatic N) is 2. The number of anilines is 1. The van der Waals surface area contributed by atoms with Crippen LogP contribution in [0.4, 0.5) is 5.69 Å². The summed E-state index contributed by atoms with van der Waals surface area (Å²) in [7, 11) is 0. The Labute approximate surface area is 91.3 Å². The fraction of sp³-hybridized carbons (Fsp3) is 0. The van der Waals surface area contributed by atoms with Gasteiger partial charge in [-0.05, 0) is 6.07 Å². The second kappa shape index (κ2) is 3.74. The molecule has 0 aliphatic rings. The number of para-hydroxylation sites is 1. The number of rotatable bonds is 1. The SMILES string of the molecule is Nc1c(-c2ccccc2O)cnnc1Cl. The molecule has 0 aliphatic heterocycles. The van der Waals surface area contributed by atoms with E-state index >= 15 is 0 Å². The van der Waals surface area contributed by atoms with Crippen molar-refractivity contribution in [1.82, 2.24) is 10.2 Å². The Kier molecular flexibility index (Phi) is 2.43. The lowest BCUT2D eigenvalue weighted by molar-refractivity contribution is 0.477. The van der Waals surface area contributed by atoms with E-state index in [-0.39, 0.29) is 10.9 Å². The highest BCUT2D eigenvalue weighted by atomic mass is 35.5. The maximum absolute atomic E-state index is 9.63. The molecule has 0 amide bonds. The van der Waals surface area contributed by atoms with Crippen LogP contribution in [0.3, 0.4) is 0 Å². The fourth-order valence-electron chi connectivity index (χ4n) is 1.29. The molecular formula is C10H8ClN3O. The second-order valence-electron chi connectivity index (χ2n) is 2.98. The van der Waals surface area contributed by atoms with Crippen LogP contribution in [0.1, 0.15) is 0 Å². The second-order valence-corrected chi connectivity index (χ2v) is 3.34. The summed E-state index contributed by atoms with van der Waals surface area (Å²) in [5, 5.41) is 17.1. The van der Waals surface area contributed by atoms with Gasteiger partial charge in [-0.3, -0.25) is 0 Å². The van der Waals surface area contributed by atoms with Gasteiger partial charge in [-0.15, -0.1) is 5.10 Å². The summed E-state index contributed by atoms with van der Waals surface area (Å²) in [6, 6.07) is 6.83. The van der Waals surface area contributed by atoms with Crippen molar-refractivity contribution in [3.8, 4) is 16.9 Å². The maximum Gasteiger partial charge on any atom is 0.175 e. The van der Waals surface area contributed by atoms with Crippen LogP contribution in [0.25, 0.3) is 11.1 Å². The lowest BCUT2D eigenvalue weighted by atomic mass is 10.1. The van der Waals surface area contributed by atoms with Gasteiger partial charge in [0.25, 0.3) is 0 Å².